The second kappa shape index (κ2) is 6.93. The first-order chi connectivity index (χ1) is 9.58. The molecule has 0 aliphatic heterocycles. The van der Waals surface area contributed by atoms with E-state index in [9.17, 15) is 18.0 Å². The number of halogens is 3. The summed E-state index contributed by atoms with van der Waals surface area (Å²) in [6.07, 6.45) is 0. The number of carbonyl (C=O) groups is 1. The van der Waals surface area contributed by atoms with Crippen molar-refractivity contribution in [2.75, 3.05) is 11.5 Å². The summed E-state index contributed by atoms with van der Waals surface area (Å²) >= 11 is 0.955. The summed E-state index contributed by atoms with van der Waals surface area (Å²) in [5.41, 5.74) is 4.98. The van der Waals surface area contributed by atoms with Crippen molar-refractivity contribution in [1.82, 2.24) is 0 Å². The number of rotatable bonds is 5. The van der Waals surface area contributed by atoms with Gasteiger partial charge in [-0.3, -0.25) is 4.79 Å². The molecule has 118 valence electrons. The number of hydrogen-bond acceptors (Lipinski definition) is 5. The first-order valence-electron chi connectivity index (χ1n) is 5.97. The van der Waals surface area contributed by atoms with E-state index in [-0.39, 0.29) is 16.3 Å². The molecule has 1 aromatic rings. The normalized spacial score (nSPS) is 11.6. The molecule has 21 heavy (non-hydrogen) atoms. The largest absolute Gasteiger partial charge is 0.459 e. The monoisotopic (exact) mass is 323 g/mol. The van der Waals surface area contributed by atoms with Gasteiger partial charge in [0.2, 0.25) is 0 Å². The molecule has 0 aromatic heterocycles. The molecule has 0 unspecified atom stereocenters. The molecule has 2 N–H and O–H groups in total. The number of esters is 1. The average Bonchev–Trinajstić information content (AvgIpc) is 2.28. The van der Waals surface area contributed by atoms with E-state index in [0.29, 0.717) is 0 Å². The van der Waals surface area contributed by atoms with Crippen LogP contribution in [0.2, 0.25) is 0 Å². The maximum Gasteiger partial charge on any atom is 0.387 e. The van der Waals surface area contributed by atoms with Gasteiger partial charge in [0.25, 0.3) is 0 Å². The molecule has 0 radical (unpaired) electrons. The highest BCUT2D eigenvalue weighted by atomic mass is 32.2. The van der Waals surface area contributed by atoms with E-state index < -0.39 is 29.7 Å². The fourth-order valence-corrected chi connectivity index (χ4v) is 2.12. The summed E-state index contributed by atoms with van der Waals surface area (Å²) in [6.45, 7) is 2.01. The van der Waals surface area contributed by atoms with E-state index in [1.807, 2.05) is 0 Å². The molecule has 0 bridgehead atoms. The molecule has 0 heterocycles. The van der Waals surface area contributed by atoms with Crippen molar-refractivity contribution in [3.63, 3.8) is 0 Å². The zero-order valence-corrected chi connectivity index (χ0v) is 12.6. The van der Waals surface area contributed by atoms with Crippen LogP contribution < -0.4 is 10.5 Å². The van der Waals surface area contributed by atoms with Gasteiger partial charge in [-0.05, 0) is 26.8 Å². The fraction of sp³-hybridized carbons (Fsp3) is 0.462. The van der Waals surface area contributed by atoms with Gasteiger partial charge in [-0.1, -0.05) is 0 Å². The van der Waals surface area contributed by atoms with Gasteiger partial charge in [0.05, 0.1) is 5.75 Å². The van der Waals surface area contributed by atoms with E-state index in [1.54, 1.807) is 20.8 Å². The number of carbonyl (C=O) groups excluding carboxylic acids is 1. The molecule has 1 aromatic carbocycles. The van der Waals surface area contributed by atoms with Crippen LogP contribution in [0.15, 0.2) is 17.0 Å². The molecule has 0 saturated heterocycles. The van der Waals surface area contributed by atoms with Crippen LogP contribution in [0, 0.1) is 5.82 Å². The van der Waals surface area contributed by atoms with Crippen LogP contribution in [-0.2, 0) is 9.53 Å². The summed E-state index contributed by atoms with van der Waals surface area (Å²) in [6, 6.07) is 1.90. The fourth-order valence-electron chi connectivity index (χ4n) is 1.37. The maximum absolute atomic E-state index is 13.4. The lowest BCUT2D eigenvalue weighted by atomic mass is 10.2. The molecule has 0 amide bonds. The Morgan fingerprint density at radius 1 is 1.38 bits per heavy atom. The Morgan fingerprint density at radius 3 is 2.52 bits per heavy atom. The van der Waals surface area contributed by atoms with Crippen LogP contribution in [0.3, 0.4) is 0 Å². The highest BCUT2D eigenvalue weighted by molar-refractivity contribution is 8.00. The van der Waals surface area contributed by atoms with Crippen LogP contribution in [0.1, 0.15) is 20.8 Å². The molecule has 0 aliphatic rings. The van der Waals surface area contributed by atoms with Crippen molar-refractivity contribution in [2.45, 2.75) is 37.9 Å². The molecule has 1 rings (SSSR count). The topological polar surface area (TPSA) is 61.5 Å². The third-order valence-corrected chi connectivity index (χ3v) is 3.09. The summed E-state index contributed by atoms with van der Waals surface area (Å²) in [7, 11) is 0. The quantitative estimate of drug-likeness (QED) is 0.511. The lowest BCUT2D eigenvalue weighted by Crippen LogP contribution is -2.24. The first kappa shape index (κ1) is 17.5. The summed E-state index contributed by atoms with van der Waals surface area (Å²) in [4.78, 5) is 11.8. The van der Waals surface area contributed by atoms with Crippen LogP contribution in [-0.4, -0.2) is 23.9 Å². The van der Waals surface area contributed by atoms with E-state index >= 15 is 0 Å². The lowest BCUT2D eigenvalue weighted by Gasteiger charge is -2.19. The van der Waals surface area contributed by atoms with Crippen molar-refractivity contribution in [3.8, 4) is 5.75 Å². The Kier molecular flexibility index (Phi) is 5.77. The van der Waals surface area contributed by atoms with Crippen molar-refractivity contribution >= 4 is 23.4 Å². The molecule has 8 heteroatoms. The average molecular weight is 323 g/mol. The van der Waals surface area contributed by atoms with E-state index in [0.717, 1.165) is 23.9 Å². The third-order valence-electron chi connectivity index (χ3n) is 2.05. The predicted molar refractivity (Wildman–Crippen MR) is 74.0 cm³/mol. The number of benzene rings is 1. The van der Waals surface area contributed by atoms with Crippen LogP contribution in [0.5, 0.6) is 5.75 Å². The van der Waals surface area contributed by atoms with E-state index in [1.165, 1.54) is 0 Å². The van der Waals surface area contributed by atoms with Crippen molar-refractivity contribution < 1.29 is 27.4 Å². The zero-order valence-electron chi connectivity index (χ0n) is 11.8. The van der Waals surface area contributed by atoms with Crippen LogP contribution >= 0.6 is 11.8 Å². The number of hydrogen-bond donors (Lipinski definition) is 1. The first-order valence-corrected chi connectivity index (χ1v) is 6.95. The lowest BCUT2D eigenvalue weighted by molar-refractivity contribution is -0.151. The minimum atomic E-state index is -3.15. The van der Waals surface area contributed by atoms with Gasteiger partial charge in [0.1, 0.15) is 5.60 Å². The maximum atomic E-state index is 13.4. The molecule has 0 saturated carbocycles. The minimum absolute atomic E-state index is 0.0303. The van der Waals surface area contributed by atoms with Crippen molar-refractivity contribution in [2.24, 2.45) is 0 Å². The van der Waals surface area contributed by atoms with Crippen molar-refractivity contribution in [3.05, 3.63) is 17.9 Å². The van der Waals surface area contributed by atoms with Gasteiger partial charge in [-0.15, -0.1) is 11.8 Å². The molecule has 0 spiro atoms. The molecule has 4 nitrogen and oxygen atoms in total. The summed E-state index contributed by atoms with van der Waals surface area (Å²) in [5.74, 6) is -2.19. The van der Waals surface area contributed by atoms with Gasteiger partial charge >= 0.3 is 12.6 Å². The standard InChI is InChI=1S/C13H16F3NO3S/c1-13(2,3)20-11(18)6-21-10-5-9(19-12(15)16)7(14)4-8(10)17/h4-5,12H,6,17H2,1-3H3. The Labute approximate surface area is 124 Å². The van der Waals surface area contributed by atoms with Gasteiger partial charge < -0.3 is 15.2 Å². The summed E-state index contributed by atoms with van der Waals surface area (Å²) in [5, 5.41) is 0. The predicted octanol–water partition coefficient (Wildman–Crippen LogP) is 3.44. The third kappa shape index (κ3) is 6.16. The number of anilines is 1. The minimum Gasteiger partial charge on any atom is -0.459 e. The highest BCUT2D eigenvalue weighted by Crippen LogP contribution is 2.32. The smallest absolute Gasteiger partial charge is 0.387 e. The second-order valence-electron chi connectivity index (χ2n) is 5.07. The summed E-state index contributed by atoms with van der Waals surface area (Å²) < 4.78 is 46.8. The van der Waals surface area contributed by atoms with Crippen LogP contribution in [0.25, 0.3) is 0 Å². The highest BCUT2D eigenvalue weighted by Gasteiger charge is 2.18. The Balaban J connectivity index is 2.77. The molecule has 0 aliphatic carbocycles. The molecular formula is C13H16F3NO3S. The number of nitrogens with two attached hydrogens (primary N) is 1. The number of thioether (sulfide) groups is 1. The Morgan fingerprint density at radius 2 is 2.00 bits per heavy atom. The molecule has 0 fully saturated rings. The van der Waals surface area contributed by atoms with Crippen LogP contribution in [0.4, 0.5) is 18.9 Å². The van der Waals surface area contributed by atoms with Gasteiger partial charge in [0, 0.05) is 16.6 Å². The second-order valence-corrected chi connectivity index (χ2v) is 6.09. The van der Waals surface area contributed by atoms with Crippen molar-refractivity contribution in [1.29, 1.82) is 0 Å². The Hall–Kier alpha value is -1.57. The molecular weight excluding hydrogens is 307 g/mol. The van der Waals surface area contributed by atoms with Gasteiger partial charge in [-0.2, -0.15) is 8.78 Å². The van der Waals surface area contributed by atoms with Gasteiger partial charge in [-0.25, -0.2) is 4.39 Å². The Bertz CT molecular complexity index is 518. The SMILES string of the molecule is CC(C)(C)OC(=O)CSc1cc(OC(F)F)c(F)cc1N. The van der Waals surface area contributed by atoms with E-state index in [2.05, 4.69) is 4.74 Å². The number of nitrogen functional groups attached to an aromatic ring is 1. The molecule has 0 atom stereocenters. The number of alkyl halides is 2. The van der Waals surface area contributed by atoms with E-state index in [4.69, 9.17) is 10.5 Å². The number of ether oxygens (including phenoxy) is 2. The zero-order chi connectivity index (χ0) is 16.2. The van der Waals surface area contributed by atoms with Gasteiger partial charge in [0.15, 0.2) is 11.6 Å².